The van der Waals surface area contributed by atoms with Crippen molar-refractivity contribution in [3.05, 3.63) is 160 Å². The molecule has 2 heterocycles. The summed E-state index contributed by atoms with van der Waals surface area (Å²) in [7, 11) is 0. The number of hydrogen-bond acceptors (Lipinski definition) is 5. The van der Waals surface area contributed by atoms with Crippen LogP contribution in [0.3, 0.4) is 0 Å². The minimum absolute atomic E-state index is 0.160. The maximum Gasteiger partial charge on any atom is 0.138 e. The van der Waals surface area contributed by atoms with Gasteiger partial charge in [-0.3, -0.25) is 4.68 Å². The van der Waals surface area contributed by atoms with E-state index >= 15 is 0 Å². The molecule has 2 unspecified atom stereocenters. The first kappa shape index (κ1) is 36.1. The molecule has 6 nitrogen and oxygen atoms in total. The molecule has 0 radical (unpaired) electrons. The van der Waals surface area contributed by atoms with Gasteiger partial charge in [0.2, 0.25) is 0 Å². The zero-order valence-electron chi connectivity index (χ0n) is 28.8. The van der Waals surface area contributed by atoms with Gasteiger partial charge in [-0.25, -0.2) is 0 Å². The minimum Gasteiger partial charge on any atom is -0.598 e. The van der Waals surface area contributed by atoms with Gasteiger partial charge in [0.05, 0.1) is 34.2 Å². The van der Waals surface area contributed by atoms with Crippen molar-refractivity contribution in [1.82, 2.24) is 14.5 Å². The largest absolute Gasteiger partial charge is 0.598 e. The molecule has 6 rings (SSSR count). The molecule has 4 aromatic carbocycles. The molecule has 2 atom stereocenters. The predicted octanol–water partition coefficient (Wildman–Crippen LogP) is 9.60. The van der Waals surface area contributed by atoms with Crippen LogP contribution in [0.25, 0.3) is 0 Å². The Morgan fingerprint density at radius 3 is 1.92 bits per heavy atom. The number of benzene rings is 4. The zero-order chi connectivity index (χ0) is 35.3. The highest BCUT2D eigenvalue weighted by atomic mass is 35.5. The van der Waals surface area contributed by atoms with Crippen molar-refractivity contribution in [3.8, 4) is 5.75 Å². The molecule has 0 saturated carbocycles. The Morgan fingerprint density at radius 1 is 0.900 bits per heavy atom. The lowest BCUT2D eigenvalue weighted by atomic mass is 9.77. The van der Waals surface area contributed by atoms with Crippen molar-refractivity contribution in [2.45, 2.75) is 49.9 Å². The molecule has 0 amide bonds. The third kappa shape index (κ3) is 7.48. The van der Waals surface area contributed by atoms with Gasteiger partial charge in [-0.15, -0.1) is 4.72 Å². The van der Waals surface area contributed by atoms with Crippen molar-refractivity contribution < 1.29 is 9.29 Å². The van der Waals surface area contributed by atoms with E-state index in [0.717, 1.165) is 53.9 Å². The van der Waals surface area contributed by atoms with Crippen molar-refractivity contribution in [2.75, 3.05) is 24.6 Å². The first-order valence-corrected chi connectivity index (χ1v) is 18.9. The van der Waals surface area contributed by atoms with Crippen LogP contribution in [-0.2, 0) is 16.9 Å². The highest BCUT2D eigenvalue weighted by Crippen LogP contribution is 2.43. The lowest BCUT2D eigenvalue weighted by molar-refractivity contribution is 0.307. The molecule has 5 aromatic rings. The molecule has 1 aliphatic rings. The van der Waals surface area contributed by atoms with Gasteiger partial charge in [-0.1, -0.05) is 127 Å². The summed E-state index contributed by atoms with van der Waals surface area (Å²) >= 11 is 11.7. The van der Waals surface area contributed by atoms with Gasteiger partial charge in [0, 0.05) is 36.1 Å². The Hall–Kier alpha value is -3.72. The van der Waals surface area contributed by atoms with Gasteiger partial charge >= 0.3 is 0 Å². The van der Waals surface area contributed by atoms with Crippen molar-refractivity contribution in [1.29, 1.82) is 0 Å². The van der Waals surface area contributed by atoms with Gasteiger partial charge < -0.3 is 14.2 Å². The zero-order valence-corrected chi connectivity index (χ0v) is 31.1. The van der Waals surface area contributed by atoms with Crippen LogP contribution < -0.4 is 14.4 Å². The standard InChI is InChI=1S/C41H44Cl2N4O2S/c1-5-25-49-38-27-37(43)36(42)26-35(38)39(45-50(48)40(2,3)4)30-21-23-46(24-22-30)34-28-44-47(29-34)41(31-15-9-6-10-16-31,32-17-11-7-12-18-32)33-19-13-8-14-20-33/h5-20,26-30,39,45H,1,21-25H2,2-4H3. The minimum atomic E-state index is -1.33. The van der Waals surface area contributed by atoms with Crippen LogP contribution in [-0.4, -0.2) is 38.8 Å². The molecule has 1 aromatic heterocycles. The SMILES string of the molecule is C=CCOc1cc(Cl)c(Cl)cc1C(N[S+]([O-])C(C)(C)C)C1CCN(c2cnn(C(c3ccccc3)(c3ccccc3)c3ccccc3)c2)CC1. The van der Waals surface area contributed by atoms with Crippen LogP contribution in [0.4, 0.5) is 5.69 Å². The van der Waals surface area contributed by atoms with E-state index in [1.807, 2.05) is 33.0 Å². The van der Waals surface area contributed by atoms with E-state index in [9.17, 15) is 4.55 Å². The molecular weight excluding hydrogens is 683 g/mol. The molecule has 1 fully saturated rings. The summed E-state index contributed by atoms with van der Waals surface area (Å²) in [5, 5.41) is 5.94. The number of nitrogens with zero attached hydrogens (tertiary/aromatic N) is 3. The molecule has 0 bridgehead atoms. The summed E-state index contributed by atoms with van der Waals surface area (Å²) in [6.07, 6.45) is 7.56. The van der Waals surface area contributed by atoms with E-state index in [1.165, 1.54) is 0 Å². The van der Waals surface area contributed by atoms with Gasteiger partial charge in [0.1, 0.15) is 22.6 Å². The third-order valence-corrected chi connectivity index (χ3v) is 11.7. The number of anilines is 1. The van der Waals surface area contributed by atoms with Crippen LogP contribution in [0.15, 0.2) is 128 Å². The van der Waals surface area contributed by atoms with Gasteiger partial charge in [0.25, 0.3) is 0 Å². The van der Waals surface area contributed by atoms with Gasteiger partial charge in [0.15, 0.2) is 0 Å². The highest BCUT2D eigenvalue weighted by molar-refractivity contribution is 7.90. The van der Waals surface area contributed by atoms with Crippen LogP contribution >= 0.6 is 23.2 Å². The fourth-order valence-corrected chi connectivity index (χ4v) is 8.08. The second-order valence-electron chi connectivity index (χ2n) is 13.7. The number of ether oxygens (including phenoxy) is 1. The number of rotatable bonds is 12. The quantitative estimate of drug-likeness (QED) is 0.0788. The Kier molecular flexibility index (Phi) is 11.3. The first-order chi connectivity index (χ1) is 24.1. The molecule has 260 valence electrons. The smallest absolute Gasteiger partial charge is 0.138 e. The van der Waals surface area contributed by atoms with E-state index in [-0.39, 0.29) is 12.0 Å². The highest BCUT2D eigenvalue weighted by Gasteiger charge is 2.41. The van der Waals surface area contributed by atoms with E-state index in [2.05, 4.69) is 118 Å². The van der Waals surface area contributed by atoms with Crippen LogP contribution in [0.2, 0.25) is 10.0 Å². The second kappa shape index (κ2) is 15.7. The normalized spacial score (nSPS) is 15.4. The average molecular weight is 728 g/mol. The van der Waals surface area contributed by atoms with Crippen LogP contribution in [0, 0.1) is 5.92 Å². The van der Waals surface area contributed by atoms with Crippen LogP contribution in [0.1, 0.15) is 61.9 Å². The molecule has 9 heteroatoms. The number of aromatic nitrogens is 2. The number of nitrogens with one attached hydrogen (secondary N) is 1. The molecular formula is C41H44Cl2N4O2S. The van der Waals surface area contributed by atoms with Gasteiger partial charge in [-0.05, 0) is 62.3 Å². The Bertz CT molecular complexity index is 1760. The maximum atomic E-state index is 13.6. The summed E-state index contributed by atoms with van der Waals surface area (Å²) in [5.41, 5.74) is 4.61. The fraction of sp³-hybridized carbons (Fsp3) is 0.293. The second-order valence-corrected chi connectivity index (χ2v) is 16.5. The fourth-order valence-electron chi connectivity index (χ4n) is 6.85. The molecule has 0 spiro atoms. The predicted molar refractivity (Wildman–Crippen MR) is 208 cm³/mol. The Balaban J connectivity index is 1.33. The summed E-state index contributed by atoms with van der Waals surface area (Å²) in [4.78, 5) is 2.40. The molecule has 1 aliphatic heterocycles. The van der Waals surface area contributed by atoms with E-state index < -0.39 is 21.6 Å². The van der Waals surface area contributed by atoms with Crippen molar-refractivity contribution >= 4 is 40.3 Å². The molecule has 1 saturated heterocycles. The van der Waals surface area contributed by atoms with E-state index in [1.54, 1.807) is 12.1 Å². The number of hydrogen-bond donors (Lipinski definition) is 1. The van der Waals surface area contributed by atoms with Crippen molar-refractivity contribution in [2.24, 2.45) is 5.92 Å². The Labute approximate surface area is 309 Å². The van der Waals surface area contributed by atoms with Crippen molar-refractivity contribution in [3.63, 3.8) is 0 Å². The third-order valence-electron chi connectivity index (χ3n) is 9.40. The molecule has 1 N–H and O–H groups in total. The van der Waals surface area contributed by atoms with Crippen LogP contribution in [0.5, 0.6) is 5.75 Å². The average Bonchev–Trinajstić information content (AvgIpc) is 3.63. The maximum absolute atomic E-state index is 13.6. The molecule has 0 aliphatic carbocycles. The lowest BCUT2D eigenvalue weighted by Gasteiger charge is -2.39. The van der Waals surface area contributed by atoms with E-state index in [4.69, 9.17) is 33.0 Å². The monoisotopic (exact) mass is 726 g/mol. The Morgan fingerprint density at radius 2 is 1.42 bits per heavy atom. The van der Waals surface area contributed by atoms with E-state index in [0.29, 0.717) is 22.4 Å². The summed E-state index contributed by atoms with van der Waals surface area (Å²) < 4.78 is 24.8. The topological polar surface area (TPSA) is 65.4 Å². The van der Waals surface area contributed by atoms with Gasteiger partial charge in [-0.2, -0.15) is 5.10 Å². The lowest BCUT2D eigenvalue weighted by Crippen LogP contribution is -2.45. The number of piperidine rings is 1. The molecule has 50 heavy (non-hydrogen) atoms. The summed E-state index contributed by atoms with van der Waals surface area (Å²) in [6, 6.07) is 35.1. The summed E-state index contributed by atoms with van der Waals surface area (Å²) in [5.74, 6) is 0.776. The number of halogens is 2. The first-order valence-electron chi connectivity index (χ1n) is 17.0. The summed E-state index contributed by atoms with van der Waals surface area (Å²) in [6.45, 7) is 11.6.